The summed E-state index contributed by atoms with van der Waals surface area (Å²) in [6.07, 6.45) is 7.62. The van der Waals surface area contributed by atoms with Gasteiger partial charge in [-0.2, -0.15) is 0 Å². The third-order valence-corrected chi connectivity index (χ3v) is 5.78. The minimum Gasteiger partial charge on any atom is -0.486 e. The van der Waals surface area contributed by atoms with E-state index in [1.807, 2.05) is 24.3 Å². The number of nitrogens with zero attached hydrogens (tertiary/aromatic N) is 1. The second kappa shape index (κ2) is 11.0. The van der Waals surface area contributed by atoms with E-state index >= 15 is 0 Å². The largest absolute Gasteiger partial charge is 0.486 e. The summed E-state index contributed by atoms with van der Waals surface area (Å²) < 4.78 is 5.73. The van der Waals surface area contributed by atoms with Gasteiger partial charge in [0.25, 0.3) is 0 Å². The monoisotopic (exact) mass is 457 g/mol. The minimum absolute atomic E-state index is 0. The van der Waals surface area contributed by atoms with Gasteiger partial charge in [0.1, 0.15) is 12.4 Å². The zero-order valence-corrected chi connectivity index (χ0v) is 18.4. The quantitative estimate of drug-likeness (QED) is 0.660. The van der Waals surface area contributed by atoms with E-state index in [0.717, 1.165) is 12.1 Å². The van der Waals surface area contributed by atoms with Crippen LogP contribution in [0.25, 0.3) is 0 Å². The molecular formula is C21H26Cl3N3O2. The number of carbonyl (C=O) groups is 1. The second-order valence-electron chi connectivity index (χ2n) is 7.35. The lowest BCUT2D eigenvalue weighted by atomic mass is 9.85. The molecule has 1 aromatic carbocycles. The van der Waals surface area contributed by atoms with Gasteiger partial charge in [-0.15, -0.1) is 24.8 Å². The highest BCUT2D eigenvalue weighted by molar-refractivity contribution is 6.32. The fraction of sp³-hybridized carbons (Fsp3) is 0.429. The van der Waals surface area contributed by atoms with Crippen molar-refractivity contribution in [1.29, 1.82) is 0 Å². The fourth-order valence-corrected chi connectivity index (χ4v) is 4.32. The van der Waals surface area contributed by atoms with Crippen molar-refractivity contribution in [3.63, 3.8) is 0 Å². The summed E-state index contributed by atoms with van der Waals surface area (Å²) in [5.74, 6) is 1.23. The lowest BCUT2D eigenvalue weighted by Crippen LogP contribution is -2.39. The summed E-state index contributed by atoms with van der Waals surface area (Å²) in [6, 6.07) is 11.4. The van der Waals surface area contributed by atoms with Gasteiger partial charge in [0.15, 0.2) is 0 Å². The summed E-state index contributed by atoms with van der Waals surface area (Å²) in [5, 5.41) is 6.95. The molecule has 2 aromatic rings. The number of fused-ring (bicyclic) bond motifs is 1. The number of hydrogen-bond acceptors (Lipinski definition) is 4. The summed E-state index contributed by atoms with van der Waals surface area (Å²) in [6.45, 7) is 0.348. The van der Waals surface area contributed by atoms with E-state index in [0.29, 0.717) is 35.0 Å². The van der Waals surface area contributed by atoms with E-state index in [1.165, 1.54) is 25.7 Å². The van der Waals surface area contributed by atoms with Crippen LogP contribution in [0.5, 0.6) is 5.75 Å². The maximum absolute atomic E-state index is 12.6. The molecule has 8 heteroatoms. The number of pyridine rings is 1. The SMILES string of the molecule is Cl.Cl.O=C(Nc1ccc(OCc2ccccn2)c(Cl)c1)C1CC2CCCCC2N1. The van der Waals surface area contributed by atoms with Gasteiger partial charge in [-0.05, 0) is 55.5 Å². The number of anilines is 1. The van der Waals surface area contributed by atoms with Crippen molar-refractivity contribution >= 4 is 48.0 Å². The Morgan fingerprint density at radius 2 is 2.03 bits per heavy atom. The van der Waals surface area contributed by atoms with Crippen LogP contribution < -0.4 is 15.4 Å². The molecule has 2 fully saturated rings. The molecule has 0 bridgehead atoms. The highest BCUT2D eigenvalue weighted by Gasteiger charge is 2.38. The highest BCUT2D eigenvalue weighted by atomic mass is 35.5. The van der Waals surface area contributed by atoms with Crippen molar-refractivity contribution in [3.8, 4) is 5.75 Å². The van der Waals surface area contributed by atoms with Crippen molar-refractivity contribution in [2.45, 2.75) is 50.8 Å². The Morgan fingerprint density at radius 3 is 2.76 bits per heavy atom. The first kappa shape index (κ1) is 23.7. The first-order valence-electron chi connectivity index (χ1n) is 9.58. The molecule has 0 radical (unpaired) electrons. The third kappa shape index (κ3) is 5.98. The third-order valence-electron chi connectivity index (χ3n) is 5.48. The Labute approximate surface area is 188 Å². The van der Waals surface area contributed by atoms with Gasteiger partial charge in [-0.25, -0.2) is 0 Å². The molecule has 2 N–H and O–H groups in total. The van der Waals surface area contributed by atoms with Crippen molar-refractivity contribution in [2.75, 3.05) is 5.32 Å². The number of ether oxygens (including phenoxy) is 1. The van der Waals surface area contributed by atoms with Crippen molar-refractivity contribution in [1.82, 2.24) is 10.3 Å². The van der Waals surface area contributed by atoms with Crippen LogP contribution in [0.15, 0.2) is 42.6 Å². The minimum atomic E-state index is -0.114. The molecule has 29 heavy (non-hydrogen) atoms. The Balaban J connectivity index is 0.00000150. The molecule has 1 aromatic heterocycles. The Morgan fingerprint density at radius 1 is 1.21 bits per heavy atom. The molecule has 3 atom stereocenters. The molecule has 1 amide bonds. The fourth-order valence-electron chi connectivity index (χ4n) is 4.08. The summed E-state index contributed by atoms with van der Waals surface area (Å²) in [4.78, 5) is 16.8. The van der Waals surface area contributed by atoms with Crippen LogP contribution in [0.3, 0.4) is 0 Å². The Kier molecular flexibility index (Phi) is 9.03. The van der Waals surface area contributed by atoms with Crippen LogP contribution in [-0.4, -0.2) is 23.0 Å². The standard InChI is InChI=1S/C21H24ClN3O2.2ClH/c22-17-12-15(8-9-20(17)27-13-16-6-3-4-10-23-16)24-21(26)19-11-14-5-1-2-7-18(14)25-19;;/h3-4,6,8-10,12,14,18-19,25H,1-2,5,7,11,13H2,(H,24,26);2*1H. The summed E-state index contributed by atoms with van der Waals surface area (Å²) >= 11 is 6.33. The van der Waals surface area contributed by atoms with Crippen molar-refractivity contribution in [3.05, 3.63) is 53.3 Å². The zero-order chi connectivity index (χ0) is 18.6. The van der Waals surface area contributed by atoms with Crippen molar-refractivity contribution < 1.29 is 9.53 Å². The first-order chi connectivity index (χ1) is 13.2. The van der Waals surface area contributed by atoms with Crippen LogP contribution in [0.1, 0.15) is 37.8 Å². The summed E-state index contributed by atoms with van der Waals surface area (Å²) in [5.41, 5.74) is 1.52. The van der Waals surface area contributed by atoms with Gasteiger partial charge < -0.3 is 15.4 Å². The Bertz CT molecular complexity index is 793. The van der Waals surface area contributed by atoms with Gasteiger partial charge in [0.2, 0.25) is 5.91 Å². The number of benzene rings is 1. The number of carbonyl (C=O) groups excluding carboxylic acids is 1. The molecule has 1 saturated heterocycles. The predicted octanol–water partition coefficient (Wildman–Crippen LogP) is 5.02. The maximum atomic E-state index is 12.6. The zero-order valence-electron chi connectivity index (χ0n) is 16.0. The number of nitrogens with one attached hydrogen (secondary N) is 2. The molecule has 5 nitrogen and oxygen atoms in total. The predicted molar refractivity (Wildman–Crippen MR) is 120 cm³/mol. The van der Waals surface area contributed by atoms with Crippen molar-refractivity contribution in [2.24, 2.45) is 5.92 Å². The Hall–Kier alpha value is -1.53. The molecule has 4 rings (SSSR count). The molecule has 1 saturated carbocycles. The number of amides is 1. The molecule has 158 valence electrons. The molecule has 1 aliphatic heterocycles. The second-order valence-corrected chi connectivity index (χ2v) is 7.76. The molecule has 2 aliphatic rings. The summed E-state index contributed by atoms with van der Waals surface area (Å²) in [7, 11) is 0. The van der Waals surface area contributed by atoms with E-state index < -0.39 is 0 Å². The van der Waals surface area contributed by atoms with Crippen LogP contribution in [-0.2, 0) is 11.4 Å². The highest BCUT2D eigenvalue weighted by Crippen LogP contribution is 2.34. The van der Waals surface area contributed by atoms with Gasteiger partial charge in [0.05, 0.1) is 16.8 Å². The van der Waals surface area contributed by atoms with E-state index in [-0.39, 0.29) is 36.8 Å². The van der Waals surface area contributed by atoms with Crippen LogP contribution >= 0.6 is 36.4 Å². The van der Waals surface area contributed by atoms with E-state index in [1.54, 1.807) is 18.3 Å². The maximum Gasteiger partial charge on any atom is 0.241 e. The molecule has 1 aliphatic carbocycles. The average Bonchev–Trinajstić information content (AvgIpc) is 3.13. The number of rotatable bonds is 5. The lowest BCUT2D eigenvalue weighted by molar-refractivity contribution is -0.117. The van der Waals surface area contributed by atoms with Gasteiger partial charge in [-0.1, -0.05) is 30.5 Å². The smallest absolute Gasteiger partial charge is 0.241 e. The van der Waals surface area contributed by atoms with Gasteiger partial charge in [-0.3, -0.25) is 9.78 Å². The van der Waals surface area contributed by atoms with Crippen LogP contribution in [0.4, 0.5) is 5.69 Å². The van der Waals surface area contributed by atoms with Gasteiger partial charge in [0, 0.05) is 17.9 Å². The number of hydrogen-bond donors (Lipinski definition) is 2. The van der Waals surface area contributed by atoms with E-state index in [4.69, 9.17) is 16.3 Å². The number of halogens is 3. The normalized spacial score (nSPS) is 22.6. The first-order valence-corrected chi connectivity index (χ1v) is 9.96. The van der Waals surface area contributed by atoms with E-state index in [9.17, 15) is 4.79 Å². The lowest BCUT2D eigenvalue weighted by Gasteiger charge is -2.24. The molecule has 2 heterocycles. The van der Waals surface area contributed by atoms with E-state index in [2.05, 4.69) is 15.6 Å². The van der Waals surface area contributed by atoms with Gasteiger partial charge >= 0.3 is 0 Å². The molecule has 0 spiro atoms. The van der Waals surface area contributed by atoms with Crippen LogP contribution in [0, 0.1) is 5.92 Å². The number of aromatic nitrogens is 1. The molecule has 3 unspecified atom stereocenters. The topological polar surface area (TPSA) is 63.2 Å². The molecular weight excluding hydrogens is 433 g/mol. The average molecular weight is 459 g/mol. The van der Waals surface area contributed by atoms with Crippen LogP contribution in [0.2, 0.25) is 5.02 Å².